The highest BCUT2D eigenvalue weighted by Gasteiger charge is 1.96. The Balaban J connectivity index is 2.59. The lowest BCUT2D eigenvalue weighted by Crippen LogP contribution is -1.96. The average Bonchev–Trinajstić information content (AvgIpc) is 2.19. The number of nitrogens with zero attached hydrogens (tertiary/aromatic N) is 2. The van der Waals surface area contributed by atoms with E-state index in [0.29, 0.717) is 12.5 Å². The fraction of sp³-hybridized carbons (Fsp3) is 0.333. The minimum Gasteiger partial charge on any atom is -0.464 e. The van der Waals surface area contributed by atoms with Gasteiger partial charge in [-0.1, -0.05) is 5.92 Å². The van der Waals surface area contributed by atoms with E-state index in [-0.39, 0.29) is 0 Å². The number of aromatic nitrogens is 2. The van der Waals surface area contributed by atoms with Crippen LogP contribution < -0.4 is 4.74 Å². The van der Waals surface area contributed by atoms with Gasteiger partial charge in [0.05, 0.1) is 0 Å². The minimum atomic E-state index is 0.376. The molecule has 1 aromatic rings. The highest BCUT2D eigenvalue weighted by molar-refractivity contribution is 7.98. The quantitative estimate of drug-likeness (QED) is 0.416. The largest absolute Gasteiger partial charge is 0.464 e. The van der Waals surface area contributed by atoms with Crippen LogP contribution in [0.5, 0.6) is 5.88 Å². The van der Waals surface area contributed by atoms with E-state index in [1.54, 1.807) is 24.8 Å². The first-order valence-corrected chi connectivity index (χ1v) is 4.97. The van der Waals surface area contributed by atoms with Gasteiger partial charge in [0.2, 0.25) is 5.88 Å². The molecule has 3 nitrogen and oxygen atoms in total. The van der Waals surface area contributed by atoms with Crippen LogP contribution >= 0.6 is 11.8 Å². The summed E-state index contributed by atoms with van der Waals surface area (Å²) in [6.45, 7) is 2.15. The highest BCUT2D eigenvalue weighted by atomic mass is 32.2. The van der Waals surface area contributed by atoms with Crippen LogP contribution in [0.3, 0.4) is 0 Å². The van der Waals surface area contributed by atoms with Gasteiger partial charge in [-0.25, -0.2) is 9.97 Å². The van der Waals surface area contributed by atoms with Gasteiger partial charge < -0.3 is 4.74 Å². The predicted molar refractivity (Wildman–Crippen MR) is 52.8 cm³/mol. The Kier molecular flexibility index (Phi) is 4.13. The first kappa shape index (κ1) is 9.87. The number of rotatable bonds is 3. The molecule has 4 heteroatoms. The van der Waals surface area contributed by atoms with E-state index in [9.17, 15) is 0 Å². The highest BCUT2D eigenvalue weighted by Crippen LogP contribution is 2.14. The van der Waals surface area contributed by atoms with Gasteiger partial charge in [-0.15, -0.1) is 17.7 Å². The zero-order valence-electron chi connectivity index (χ0n) is 7.57. The Morgan fingerprint density at radius 3 is 3.08 bits per heavy atom. The molecule has 0 atom stereocenters. The third kappa shape index (κ3) is 3.34. The number of hydrogen-bond acceptors (Lipinski definition) is 4. The predicted octanol–water partition coefficient (Wildman–Crippen LogP) is 1.60. The van der Waals surface area contributed by atoms with E-state index in [1.807, 2.05) is 6.26 Å². The van der Waals surface area contributed by atoms with Crippen molar-refractivity contribution in [3.05, 3.63) is 12.4 Å². The Bertz CT molecular complexity index is 330. The van der Waals surface area contributed by atoms with E-state index >= 15 is 0 Å². The smallest absolute Gasteiger partial charge is 0.218 e. The normalized spacial score (nSPS) is 8.77. The van der Waals surface area contributed by atoms with Crippen LogP contribution in [0.25, 0.3) is 0 Å². The van der Waals surface area contributed by atoms with Crippen molar-refractivity contribution >= 4 is 11.8 Å². The van der Waals surface area contributed by atoms with E-state index in [4.69, 9.17) is 4.74 Å². The molecule has 68 valence electrons. The second-order valence-corrected chi connectivity index (χ2v) is 2.94. The summed E-state index contributed by atoms with van der Waals surface area (Å²) in [4.78, 5) is 7.97. The summed E-state index contributed by atoms with van der Waals surface area (Å²) in [5, 5.41) is 0.898. The summed E-state index contributed by atoms with van der Waals surface area (Å²) < 4.78 is 5.25. The molecule has 0 unspecified atom stereocenters. The van der Waals surface area contributed by atoms with Crippen LogP contribution in [0.4, 0.5) is 0 Å². The van der Waals surface area contributed by atoms with Crippen molar-refractivity contribution in [1.82, 2.24) is 9.97 Å². The molecule has 1 rings (SSSR count). The molecule has 0 amide bonds. The third-order valence-electron chi connectivity index (χ3n) is 1.30. The van der Waals surface area contributed by atoms with E-state index in [0.717, 1.165) is 5.03 Å². The lowest BCUT2D eigenvalue weighted by atomic mass is 10.6. The van der Waals surface area contributed by atoms with E-state index < -0.39 is 0 Å². The summed E-state index contributed by atoms with van der Waals surface area (Å²) in [5.74, 6) is 6.11. The van der Waals surface area contributed by atoms with Gasteiger partial charge >= 0.3 is 0 Å². The molecule has 0 fully saturated rings. The second kappa shape index (κ2) is 5.44. The lowest BCUT2D eigenvalue weighted by molar-refractivity contribution is 0.353. The standard InChI is InChI=1S/C9H10N2OS/c1-3-4-5-12-8-6-9(13-2)11-7-10-8/h6-7H,5H2,1-2H3. The molecule has 0 N–H and O–H groups in total. The maximum Gasteiger partial charge on any atom is 0.218 e. The third-order valence-corrected chi connectivity index (χ3v) is 1.94. The summed E-state index contributed by atoms with van der Waals surface area (Å²) in [6.07, 6.45) is 3.44. The van der Waals surface area contributed by atoms with Gasteiger partial charge in [-0.2, -0.15) is 0 Å². The molecule has 0 saturated carbocycles. The topological polar surface area (TPSA) is 35.0 Å². The molecule has 0 spiro atoms. The SMILES string of the molecule is CC#CCOc1cc(SC)ncn1. The number of ether oxygens (including phenoxy) is 1. The zero-order chi connectivity index (χ0) is 9.52. The molecule has 0 aliphatic heterocycles. The van der Waals surface area contributed by atoms with E-state index in [2.05, 4.69) is 21.8 Å². The Morgan fingerprint density at radius 1 is 1.54 bits per heavy atom. The van der Waals surface area contributed by atoms with Crippen molar-refractivity contribution in [3.63, 3.8) is 0 Å². The summed E-state index contributed by atoms with van der Waals surface area (Å²) in [7, 11) is 0. The van der Waals surface area contributed by atoms with E-state index in [1.165, 1.54) is 6.33 Å². The van der Waals surface area contributed by atoms with Gasteiger partial charge in [0.25, 0.3) is 0 Å². The molecule has 0 aromatic carbocycles. The molecule has 1 aromatic heterocycles. The molecule has 0 radical (unpaired) electrons. The molecular formula is C9H10N2OS. The average molecular weight is 194 g/mol. The van der Waals surface area contributed by atoms with Crippen LogP contribution in [0.15, 0.2) is 17.4 Å². The fourth-order valence-corrected chi connectivity index (χ4v) is 1.07. The first-order chi connectivity index (χ1) is 6.36. The van der Waals surface area contributed by atoms with Crippen LogP contribution in [-0.2, 0) is 0 Å². The van der Waals surface area contributed by atoms with Crippen molar-refractivity contribution in [1.29, 1.82) is 0 Å². The van der Waals surface area contributed by atoms with Crippen molar-refractivity contribution in [2.24, 2.45) is 0 Å². The molecular weight excluding hydrogens is 184 g/mol. The summed E-state index contributed by atoms with van der Waals surface area (Å²) in [5.41, 5.74) is 0. The van der Waals surface area contributed by atoms with Gasteiger partial charge in [0.1, 0.15) is 11.4 Å². The molecule has 0 aliphatic rings. The first-order valence-electron chi connectivity index (χ1n) is 3.75. The van der Waals surface area contributed by atoms with Crippen LogP contribution in [-0.4, -0.2) is 22.8 Å². The maximum atomic E-state index is 5.25. The van der Waals surface area contributed by atoms with Crippen molar-refractivity contribution in [3.8, 4) is 17.7 Å². The van der Waals surface area contributed by atoms with Crippen LogP contribution in [0.2, 0.25) is 0 Å². The van der Waals surface area contributed by atoms with Gasteiger partial charge in [-0.05, 0) is 13.2 Å². The monoisotopic (exact) mass is 194 g/mol. The Labute approximate surface area is 81.9 Å². The van der Waals surface area contributed by atoms with Crippen molar-refractivity contribution in [2.75, 3.05) is 12.9 Å². The molecule has 0 bridgehead atoms. The molecule has 1 heterocycles. The minimum absolute atomic E-state index is 0.376. The lowest BCUT2D eigenvalue weighted by Gasteiger charge is -2.00. The van der Waals surface area contributed by atoms with Crippen molar-refractivity contribution < 1.29 is 4.74 Å². The van der Waals surface area contributed by atoms with Crippen LogP contribution in [0.1, 0.15) is 6.92 Å². The van der Waals surface area contributed by atoms with Crippen molar-refractivity contribution in [2.45, 2.75) is 11.9 Å². The molecule has 0 saturated heterocycles. The zero-order valence-corrected chi connectivity index (χ0v) is 8.39. The van der Waals surface area contributed by atoms with Gasteiger partial charge in [-0.3, -0.25) is 0 Å². The molecule has 0 aliphatic carbocycles. The Hall–Kier alpha value is -1.21. The second-order valence-electron chi connectivity index (χ2n) is 2.11. The fourth-order valence-electron chi connectivity index (χ4n) is 0.696. The summed E-state index contributed by atoms with van der Waals surface area (Å²) >= 11 is 1.56. The molecule has 13 heavy (non-hydrogen) atoms. The Morgan fingerprint density at radius 2 is 2.38 bits per heavy atom. The van der Waals surface area contributed by atoms with Crippen LogP contribution in [0, 0.1) is 11.8 Å². The van der Waals surface area contributed by atoms with Gasteiger partial charge in [0.15, 0.2) is 6.61 Å². The van der Waals surface area contributed by atoms with Gasteiger partial charge in [0, 0.05) is 6.07 Å². The number of hydrogen-bond donors (Lipinski definition) is 0. The number of thioether (sulfide) groups is 1. The maximum absolute atomic E-state index is 5.25. The summed E-state index contributed by atoms with van der Waals surface area (Å²) in [6, 6.07) is 1.79.